The minimum absolute atomic E-state index is 0.0232. The van der Waals surface area contributed by atoms with E-state index < -0.39 is 32.6 Å². The first kappa shape index (κ1) is 23.7. The van der Waals surface area contributed by atoms with Crippen LogP contribution in [0.1, 0.15) is 15.9 Å². The van der Waals surface area contributed by atoms with E-state index in [1.54, 1.807) is 4.90 Å². The van der Waals surface area contributed by atoms with E-state index in [0.717, 1.165) is 22.5 Å². The summed E-state index contributed by atoms with van der Waals surface area (Å²) in [5.74, 6) is -0.941. The van der Waals surface area contributed by atoms with Crippen LogP contribution in [0, 0.1) is 0 Å². The molecule has 1 aliphatic heterocycles. The number of carbonyl (C=O) groups excluding carboxylic acids is 2. The molecule has 0 unspecified atom stereocenters. The number of amides is 2. The maximum Gasteiger partial charge on any atom is 0.417 e. The fourth-order valence-corrected chi connectivity index (χ4v) is 4.95. The zero-order valence-electron chi connectivity index (χ0n) is 16.8. The summed E-state index contributed by atoms with van der Waals surface area (Å²) >= 11 is 0. The van der Waals surface area contributed by atoms with Gasteiger partial charge in [0.1, 0.15) is 0 Å². The highest BCUT2D eigenvalue weighted by atomic mass is 32.2. The molecule has 1 aliphatic rings. The number of hydrogen-bond acceptors (Lipinski definition) is 5. The number of anilines is 1. The molecule has 12 heteroatoms. The third kappa shape index (κ3) is 5.44. The highest BCUT2D eigenvalue weighted by molar-refractivity contribution is 7.89. The molecule has 3 N–H and O–H groups in total. The maximum atomic E-state index is 13.2. The van der Waals surface area contributed by atoms with E-state index in [1.807, 2.05) is 0 Å². The number of halogens is 3. The van der Waals surface area contributed by atoms with Gasteiger partial charge in [-0.2, -0.15) is 17.5 Å². The predicted molar refractivity (Wildman–Crippen MR) is 110 cm³/mol. The van der Waals surface area contributed by atoms with E-state index in [0.29, 0.717) is 11.3 Å². The number of alkyl halides is 3. The minimum atomic E-state index is -4.79. The lowest BCUT2D eigenvalue weighted by atomic mass is 10.2. The fourth-order valence-electron chi connectivity index (χ4n) is 3.31. The highest BCUT2D eigenvalue weighted by Crippen LogP contribution is 2.35. The monoisotopic (exact) mass is 470 g/mol. The Labute approximate surface area is 182 Å². The number of sulfonamides is 1. The lowest BCUT2D eigenvalue weighted by molar-refractivity contribution is -0.140. The van der Waals surface area contributed by atoms with Crippen LogP contribution in [0.3, 0.4) is 0 Å². The van der Waals surface area contributed by atoms with Crippen molar-refractivity contribution in [3.05, 3.63) is 59.7 Å². The molecule has 0 bridgehead atoms. The van der Waals surface area contributed by atoms with Gasteiger partial charge in [0.15, 0.2) is 0 Å². The summed E-state index contributed by atoms with van der Waals surface area (Å²) in [5.41, 5.74) is 4.72. The molecule has 2 aromatic carbocycles. The first-order chi connectivity index (χ1) is 15.0. The number of benzene rings is 2. The summed E-state index contributed by atoms with van der Waals surface area (Å²) in [4.78, 5) is 24.3. The Kier molecular flexibility index (Phi) is 6.86. The van der Waals surface area contributed by atoms with Crippen LogP contribution in [0.15, 0.2) is 53.4 Å². The molecule has 172 valence electrons. The molecule has 1 saturated heterocycles. The zero-order chi connectivity index (χ0) is 23.5. The second kappa shape index (κ2) is 9.27. The van der Waals surface area contributed by atoms with Gasteiger partial charge in [-0.1, -0.05) is 12.1 Å². The summed E-state index contributed by atoms with van der Waals surface area (Å²) in [6.45, 7) is 0.248. The average molecular weight is 470 g/mol. The maximum absolute atomic E-state index is 13.2. The number of piperazine rings is 1. The molecule has 0 spiro atoms. The Morgan fingerprint density at radius 2 is 1.56 bits per heavy atom. The van der Waals surface area contributed by atoms with Gasteiger partial charge in [0.05, 0.1) is 17.0 Å². The SMILES string of the molecule is NC(=O)c1ccc(NC(=O)CN2CCN(S(=O)(=O)c3ccccc3C(F)(F)F)CC2)cc1. The molecule has 1 heterocycles. The molecule has 32 heavy (non-hydrogen) atoms. The molecular weight excluding hydrogens is 449 g/mol. The molecule has 2 aromatic rings. The summed E-state index contributed by atoms with van der Waals surface area (Å²) in [6, 6.07) is 10.1. The number of nitrogens with zero attached hydrogens (tertiary/aromatic N) is 2. The van der Waals surface area contributed by atoms with Crippen LogP contribution >= 0.6 is 0 Å². The summed E-state index contributed by atoms with van der Waals surface area (Å²) < 4.78 is 66.3. The number of primary amides is 1. The predicted octanol–water partition coefficient (Wildman–Crippen LogP) is 1.75. The van der Waals surface area contributed by atoms with Crippen molar-refractivity contribution in [1.29, 1.82) is 0 Å². The Balaban J connectivity index is 1.59. The van der Waals surface area contributed by atoms with Crippen LogP contribution in [0.4, 0.5) is 18.9 Å². The minimum Gasteiger partial charge on any atom is -0.366 e. The molecular formula is C20H21F3N4O4S. The molecule has 2 amide bonds. The van der Waals surface area contributed by atoms with Crippen molar-refractivity contribution >= 4 is 27.5 Å². The normalized spacial score (nSPS) is 16.0. The van der Waals surface area contributed by atoms with Gasteiger partial charge in [-0.15, -0.1) is 0 Å². The van der Waals surface area contributed by atoms with Crippen molar-refractivity contribution in [1.82, 2.24) is 9.21 Å². The molecule has 0 atom stereocenters. The van der Waals surface area contributed by atoms with Gasteiger partial charge < -0.3 is 11.1 Å². The molecule has 0 radical (unpaired) electrons. The van der Waals surface area contributed by atoms with E-state index in [2.05, 4.69) is 5.32 Å². The fraction of sp³-hybridized carbons (Fsp3) is 0.300. The smallest absolute Gasteiger partial charge is 0.366 e. The van der Waals surface area contributed by atoms with Gasteiger partial charge in [-0.25, -0.2) is 8.42 Å². The van der Waals surface area contributed by atoms with Crippen molar-refractivity contribution in [3.8, 4) is 0 Å². The zero-order valence-corrected chi connectivity index (χ0v) is 17.6. The van der Waals surface area contributed by atoms with Gasteiger partial charge >= 0.3 is 6.18 Å². The first-order valence-corrected chi connectivity index (χ1v) is 11.0. The standard InChI is InChI=1S/C20H21F3N4O4S/c21-20(22,23)16-3-1-2-4-17(16)32(30,31)27-11-9-26(10-12-27)13-18(28)25-15-7-5-14(6-8-15)19(24)29/h1-8H,9-13H2,(H2,24,29)(H,25,28). The average Bonchev–Trinajstić information content (AvgIpc) is 2.74. The van der Waals surface area contributed by atoms with Crippen LogP contribution in [0.2, 0.25) is 0 Å². The Bertz CT molecular complexity index is 1100. The topological polar surface area (TPSA) is 113 Å². The lowest BCUT2D eigenvalue weighted by Crippen LogP contribution is -2.50. The number of carbonyl (C=O) groups is 2. The van der Waals surface area contributed by atoms with E-state index in [4.69, 9.17) is 5.73 Å². The van der Waals surface area contributed by atoms with Gasteiger partial charge in [-0.3, -0.25) is 14.5 Å². The number of nitrogens with two attached hydrogens (primary N) is 1. The number of nitrogens with one attached hydrogen (secondary N) is 1. The van der Waals surface area contributed by atoms with E-state index >= 15 is 0 Å². The van der Waals surface area contributed by atoms with Gasteiger partial charge in [0.25, 0.3) is 0 Å². The second-order valence-corrected chi connectivity index (χ2v) is 9.07. The van der Waals surface area contributed by atoms with E-state index in [9.17, 15) is 31.2 Å². The molecule has 0 aromatic heterocycles. The second-order valence-electron chi connectivity index (χ2n) is 7.16. The van der Waals surface area contributed by atoms with Crippen LogP contribution < -0.4 is 11.1 Å². The Morgan fingerprint density at radius 1 is 0.969 bits per heavy atom. The third-order valence-corrected chi connectivity index (χ3v) is 6.92. The molecule has 0 saturated carbocycles. The van der Waals surface area contributed by atoms with Gasteiger partial charge in [0, 0.05) is 37.4 Å². The number of rotatable bonds is 6. The van der Waals surface area contributed by atoms with Crippen molar-refractivity contribution in [2.45, 2.75) is 11.1 Å². The molecule has 3 rings (SSSR count). The van der Waals surface area contributed by atoms with Crippen LogP contribution in [-0.2, 0) is 21.0 Å². The quantitative estimate of drug-likeness (QED) is 0.668. The van der Waals surface area contributed by atoms with E-state index in [-0.39, 0.29) is 38.6 Å². The summed E-state index contributed by atoms with van der Waals surface area (Å²) in [6.07, 6.45) is -4.79. The van der Waals surface area contributed by atoms with Crippen LogP contribution in [0.25, 0.3) is 0 Å². The van der Waals surface area contributed by atoms with E-state index in [1.165, 1.54) is 30.3 Å². The largest absolute Gasteiger partial charge is 0.417 e. The van der Waals surface area contributed by atoms with Crippen molar-refractivity contribution in [2.24, 2.45) is 5.73 Å². The Morgan fingerprint density at radius 3 is 2.12 bits per heavy atom. The van der Waals surface area contributed by atoms with Crippen molar-refractivity contribution in [3.63, 3.8) is 0 Å². The third-order valence-electron chi connectivity index (χ3n) is 4.96. The van der Waals surface area contributed by atoms with Gasteiger partial charge in [-0.05, 0) is 36.4 Å². The lowest BCUT2D eigenvalue weighted by Gasteiger charge is -2.34. The van der Waals surface area contributed by atoms with Crippen LogP contribution in [0.5, 0.6) is 0 Å². The van der Waals surface area contributed by atoms with Gasteiger partial charge in [0.2, 0.25) is 21.8 Å². The number of hydrogen-bond donors (Lipinski definition) is 2. The van der Waals surface area contributed by atoms with Crippen LogP contribution in [-0.4, -0.2) is 62.2 Å². The summed E-state index contributed by atoms with van der Waals surface area (Å²) in [7, 11) is -4.34. The van der Waals surface area contributed by atoms with Crippen molar-refractivity contribution < 1.29 is 31.2 Å². The van der Waals surface area contributed by atoms with Crippen molar-refractivity contribution in [2.75, 3.05) is 38.0 Å². The Hall–Kier alpha value is -2.96. The molecule has 1 fully saturated rings. The first-order valence-electron chi connectivity index (χ1n) is 9.57. The molecule has 8 nitrogen and oxygen atoms in total. The summed E-state index contributed by atoms with van der Waals surface area (Å²) in [5, 5.41) is 2.66. The highest BCUT2D eigenvalue weighted by Gasteiger charge is 2.39. The molecule has 0 aliphatic carbocycles.